The zero-order valence-electron chi connectivity index (χ0n) is 14.2. The van der Waals surface area contributed by atoms with Crippen LogP contribution in [0.5, 0.6) is 0 Å². The lowest BCUT2D eigenvalue weighted by Crippen LogP contribution is -1.97. The van der Waals surface area contributed by atoms with E-state index in [2.05, 4.69) is 26.3 Å². The van der Waals surface area contributed by atoms with Crippen LogP contribution < -0.4 is 5.32 Å². The van der Waals surface area contributed by atoms with E-state index in [1.165, 1.54) is 0 Å². The van der Waals surface area contributed by atoms with Crippen molar-refractivity contribution >= 4 is 38.3 Å². The molecule has 3 rings (SSSR count). The summed E-state index contributed by atoms with van der Waals surface area (Å²) in [6.45, 7) is 1.69. The molecule has 3 aromatic rings. The van der Waals surface area contributed by atoms with Crippen LogP contribution in [0, 0.1) is 13.8 Å². The molecule has 102 valence electrons. The maximum Gasteiger partial charge on any atom is 0.160 e. The maximum atomic E-state index is 7.65. The van der Waals surface area contributed by atoms with Crippen LogP contribution in [0.2, 0.25) is 0 Å². The van der Waals surface area contributed by atoms with Gasteiger partial charge in [0.1, 0.15) is 0 Å². The number of para-hydroxylation sites is 1. The molecule has 0 fully saturated rings. The predicted molar refractivity (Wildman–Crippen MR) is 87.6 cm³/mol. The van der Waals surface area contributed by atoms with Crippen LogP contribution in [0.25, 0.3) is 10.9 Å². The number of fused-ring (bicyclic) bond motifs is 1. The third-order valence-electron chi connectivity index (χ3n) is 3.35. The van der Waals surface area contributed by atoms with Crippen molar-refractivity contribution in [2.75, 3.05) is 5.32 Å². The van der Waals surface area contributed by atoms with E-state index >= 15 is 0 Å². The molecule has 0 spiro atoms. The highest BCUT2D eigenvalue weighted by molar-refractivity contribution is 9.10. The summed E-state index contributed by atoms with van der Waals surface area (Å²) >= 11 is 3.51. The fourth-order valence-corrected chi connectivity index (χ4v) is 2.66. The molecule has 3 nitrogen and oxygen atoms in total. The molecule has 0 amide bonds. The molecule has 0 saturated heterocycles. The molecular weight excluding hydrogens is 314 g/mol. The number of nitrogens with one attached hydrogen (secondary N) is 1. The van der Waals surface area contributed by atoms with Crippen molar-refractivity contribution in [2.24, 2.45) is 6.98 Å². The highest BCUT2D eigenvalue weighted by Gasteiger charge is 2.10. The molecule has 0 atom stereocenters. The molecule has 20 heavy (non-hydrogen) atoms. The Morgan fingerprint density at radius 3 is 2.80 bits per heavy atom. The van der Waals surface area contributed by atoms with E-state index in [4.69, 9.17) is 4.11 Å². The van der Waals surface area contributed by atoms with E-state index in [-0.39, 0.29) is 0 Å². The van der Waals surface area contributed by atoms with Crippen molar-refractivity contribution in [2.45, 2.75) is 13.8 Å². The van der Waals surface area contributed by atoms with Gasteiger partial charge in [-0.1, -0.05) is 28.1 Å². The normalized spacial score (nSPS) is 13.8. The van der Waals surface area contributed by atoms with Gasteiger partial charge in [0.2, 0.25) is 0 Å². The molecule has 0 aliphatic heterocycles. The second-order valence-electron chi connectivity index (χ2n) is 4.82. The predicted octanol–water partition coefficient (Wildman–Crippen LogP) is 4.70. The number of anilines is 2. The van der Waals surface area contributed by atoms with Gasteiger partial charge in [0, 0.05) is 26.6 Å². The molecule has 1 N–H and O–H groups in total. The summed E-state index contributed by atoms with van der Waals surface area (Å²) in [7, 11) is 0. The summed E-state index contributed by atoms with van der Waals surface area (Å²) in [6.07, 6.45) is 0. The summed E-state index contributed by atoms with van der Waals surface area (Å²) in [5.74, 6) is 0.543. The zero-order chi connectivity index (χ0) is 16.8. The van der Waals surface area contributed by atoms with Crippen LogP contribution in [0.1, 0.15) is 15.2 Å². The second kappa shape index (κ2) is 4.94. The first-order valence-electron chi connectivity index (χ1n) is 7.79. The average molecular weight is 333 g/mol. The molecule has 1 heterocycles. The van der Waals surface area contributed by atoms with Crippen molar-refractivity contribution in [3.05, 3.63) is 52.0 Å². The number of aryl methyl sites for hydroxylation is 3. The van der Waals surface area contributed by atoms with Gasteiger partial charge in [-0.25, -0.2) is 0 Å². The standard InChI is InChI=1S/C16H16BrN3/c1-10-9-14(11(2)8-13(10)17)18-16-12-6-4-5-7-15(12)20(3)19-16/h4-9H,1-3H3,(H,18,19)/i3D3. The first-order valence-corrected chi connectivity index (χ1v) is 7.08. The van der Waals surface area contributed by atoms with Gasteiger partial charge in [0.15, 0.2) is 5.82 Å². The lowest BCUT2D eigenvalue weighted by Gasteiger charge is -2.10. The molecular formula is C16H16BrN3. The SMILES string of the molecule is [2H]C([2H])([2H])n1nc(Nc2cc(C)c(Br)cc2C)c2ccccc21. The number of halogens is 1. The largest absolute Gasteiger partial charge is 0.338 e. The fourth-order valence-electron chi connectivity index (χ4n) is 2.20. The van der Waals surface area contributed by atoms with Gasteiger partial charge in [-0.15, -0.1) is 0 Å². The van der Waals surface area contributed by atoms with Crippen LogP contribution in [-0.2, 0) is 6.98 Å². The summed E-state index contributed by atoms with van der Waals surface area (Å²) in [6, 6.07) is 11.4. The minimum absolute atomic E-state index is 0.543. The molecule has 0 aliphatic rings. The van der Waals surface area contributed by atoms with E-state index in [9.17, 15) is 0 Å². The van der Waals surface area contributed by atoms with Crippen molar-refractivity contribution in [3.8, 4) is 0 Å². The number of rotatable bonds is 2. The lowest BCUT2D eigenvalue weighted by molar-refractivity contribution is 0.801. The number of hydrogen-bond donors (Lipinski definition) is 1. The van der Waals surface area contributed by atoms with Gasteiger partial charge in [0.05, 0.1) is 5.52 Å². The van der Waals surface area contributed by atoms with Gasteiger partial charge in [-0.3, -0.25) is 4.68 Å². The molecule has 0 saturated carbocycles. The minimum atomic E-state index is -2.32. The first-order chi connectivity index (χ1) is 10.8. The van der Waals surface area contributed by atoms with Crippen molar-refractivity contribution < 1.29 is 4.11 Å². The summed E-state index contributed by atoms with van der Waals surface area (Å²) in [4.78, 5) is 0. The third kappa shape index (κ3) is 2.20. The van der Waals surface area contributed by atoms with Crippen LogP contribution in [0.15, 0.2) is 40.9 Å². The van der Waals surface area contributed by atoms with E-state index < -0.39 is 6.98 Å². The molecule has 0 bridgehead atoms. The van der Waals surface area contributed by atoms with Gasteiger partial charge in [-0.2, -0.15) is 5.10 Å². The topological polar surface area (TPSA) is 29.9 Å². The second-order valence-corrected chi connectivity index (χ2v) is 5.67. The highest BCUT2D eigenvalue weighted by Crippen LogP contribution is 2.29. The quantitative estimate of drug-likeness (QED) is 0.737. The monoisotopic (exact) mass is 332 g/mol. The van der Waals surface area contributed by atoms with Gasteiger partial charge in [-0.05, 0) is 49.2 Å². The Balaban J connectivity index is 2.13. The van der Waals surface area contributed by atoms with Gasteiger partial charge < -0.3 is 5.32 Å². The van der Waals surface area contributed by atoms with Crippen molar-refractivity contribution in [1.82, 2.24) is 9.78 Å². The van der Waals surface area contributed by atoms with Crippen molar-refractivity contribution in [3.63, 3.8) is 0 Å². The first kappa shape index (κ1) is 10.00. The van der Waals surface area contributed by atoms with Gasteiger partial charge in [0.25, 0.3) is 0 Å². The Morgan fingerprint density at radius 1 is 1.20 bits per heavy atom. The van der Waals surface area contributed by atoms with Crippen molar-refractivity contribution in [1.29, 1.82) is 0 Å². The average Bonchev–Trinajstić information content (AvgIpc) is 2.84. The number of nitrogens with zero attached hydrogens (tertiary/aromatic N) is 2. The van der Waals surface area contributed by atoms with Crippen LogP contribution in [-0.4, -0.2) is 9.78 Å². The summed E-state index contributed by atoms with van der Waals surface area (Å²) < 4.78 is 25.1. The van der Waals surface area contributed by atoms with E-state index in [0.29, 0.717) is 11.3 Å². The Labute approximate surface area is 131 Å². The Bertz CT molecular complexity index is 884. The molecule has 1 aromatic heterocycles. The summed E-state index contributed by atoms with van der Waals surface area (Å²) in [5.41, 5.74) is 3.64. The Kier molecular flexibility index (Phi) is 2.47. The highest BCUT2D eigenvalue weighted by atomic mass is 79.9. The molecule has 0 unspecified atom stereocenters. The minimum Gasteiger partial charge on any atom is -0.338 e. The summed E-state index contributed by atoms with van der Waals surface area (Å²) in [5, 5.41) is 8.33. The van der Waals surface area contributed by atoms with Crippen LogP contribution in [0.4, 0.5) is 11.5 Å². The number of benzene rings is 2. The smallest absolute Gasteiger partial charge is 0.160 e. The molecule has 0 radical (unpaired) electrons. The molecule has 0 aliphatic carbocycles. The van der Waals surface area contributed by atoms with Crippen LogP contribution in [0.3, 0.4) is 0 Å². The number of aromatic nitrogens is 2. The fraction of sp³-hybridized carbons (Fsp3) is 0.188. The molecule has 4 heteroatoms. The lowest BCUT2D eigenvalue weighted by atomic mass is 10.1. The third-order valence-corrected chi connectivity index (χ3v) is 4.20. The molecule has 2 aromatic carbocycles. The zero-order valence-corrected chi connectivity index (χ0v) is 12.8. The van der Waals surface area contributed by atoms with Crippen LogP contribution >= 0.6 is 15.9 Å². The maximum absolute atomic E-state index is 7.65. The Hall–Kier alpha value is -1.81. The number of hydrogen-bond acceptors (Lipinski definition) is 2. The van der Waals surface area contributed by atoms with Gasteiger partial charge >= 0.3 is 0 Å². The van der Waals surface area contributed by atoms with E-state index in [0.717, 1.165) is 31.4 Å². The Morgan fingerprint density at radius 2 is 2.00 bits per heavy atom. The van der Waals surface area contributed by atoms with E-state index in [1.807, 2.05) is 44.2 Å². The van der Waals surface area contributed by atoms with E-state index in [1.54, 1.807) is 6.07 Å².